The van der Waals surface area contributed by atoms with Crippen molar-refractivity contribution in [1.29, 1.82) is 0 Å². The Kier molecular flexibility index (Phi) is 9.60. The van der Waals surface area contributed by atoms with E-state index in [0.717, 1.165) is 33.4 Å². The molecule has 0 aliphatic carbocycles. The second-order valence-corrected chi connectivity index (χ2v) is 12.4. The Morgan fingerprint density at radius 1 is 0.404 bits per heavy atom. The van der Waals surface area contributed by atoms with Crippen molar-refractivity contribution in [1.82, 2.24) is 0 Å². The second-order valence-electron chi connectivity index (χ2n) is 10.5. The third-order valence-corrected chi connectivity index (χ3v) is 8.80. The summed E-state index contributed by atoms with van der Waals surface area (Å²) in [6.45, 7) is 0. The highest BCUT2D eigenvalue weighted by Crippen LogP contribution is 2.27. The lowest BCUT2D eigenvalue weighted by atomic mass is 10.1. The van der Waals surface area contributed by atoms with Crippen LogP contribution in [-0.2, 0) is 9.84 Å². The van der Waals surface area contributed by atoms with Crippen LogP contribution in [0.2, 0.25) is 0 Å². The van der Waals surface area contributed by atoms with Crippen LogP contribution in [0.4, 0.5) is 11.4 Å². The van der Waals surface area contributed by atoms with Gasteiger partial charge in [0.05, 0.1) is 21.2 Å². The molecule has 0 saturated carbocycles. The molecular weight excluding hydrogens is 597 g/mol. The van der Waals surface area contributed by atoms with Gasteiger partial charge in [0.1, 0.15) is 0 Å². The van der Waals surface area contributed by atoms with Crippen LogP contribution < -0.4 is 0 Å². The van der Waals surface area contributed by atoms with E-state index >= 15 is 0 Å². The minimum Gasteiger partial charge on any atom is -0.256 e. The summed E-state index contributed by atoms with van der Waals surface area (Å²) in [4.78, 5) is 9.37. The molecule has 0 spiro atoms. The number of aliphatic imine (C=N–C) groups is 2. The zero-order chi connectivity index (χ0) is 32.3. The van der Waals surface area contributed by atoms with Crippen molar-refractivity contribution in [2.45, 2.75) is 9.79 Å². The van der Waals surface area contributed by atoms with Crippen molar-refractivity contribution in [3.8, 4) is 23.7 Å². The van der Waals surface area contributed by atoms with E-state index in [0.29, 0.717) is 11.4 Å². The van der Waals surface area contributed by atoms with Crippen LogP contribution in [0.3, 0.4) is 0 Å². The normalized spacial score (nSPS) is 11.1. The lowest BCUT2D eigenvalue weighted by Crippen LogP contribution is -2.01. The topological polar surface area (TPSA) is 58.9 Å². The van der Waals surface area contributed by atoms with E-state index in [1.54, 1.807) is 61.0 Å². The van der Waals surface area contributed by atoms with Gasteiger partial charge in [-0.25, -0.2) is 8.42 Å². The van der Waals surface area contributed by atoms with Crippen LogP contribution in [0.5, 0.6) is 0 Å². The summed E-state index contributed by atoms with van der Waals surface area (Å²) < 4.78 is 27.1. The van der Waals surface area contributed by atoms with Gasteiger partial charge in [-0.15, -0.1) is 0 Å². The number of benzene rings is 6. The van der Waals surface area contributed by atoms with E-state index in [9.17, 15) is 8.42 Å². The lowest BCUT2D eigenvalue weighted by molar-refractivity contribution is 0.596. The Balaban J connectivity index is 1.12. The number of sulfone groups is 1. The Morgan fingerprint density at radius 2 is 0.766 bits per heavy atom. The molecule has 4 nitrogen and oxygen atoms in total. The molecule has 0 aliphatic rings. The summed E-state index contributed by atoms with van der Waals surface area (Å²) in [7, 11) is -3.80. The fourth-order valence-electron chi connectivity index (χ4n) is 4.53. The van der Waals surface area contributed by atoms with E-state index in [2.05, 4.69) is 33.7 Å². The Labute approximate surface area is 275 Å². The van der Waals surface area contributed by atoms with Gasteiger partial charge < -0.3 is 0 Å². The first-order valence-electron chi connectivity index (χ1n) is 14.9. The van der Waals surface area contributed by atoms with Crippen LogP contribution >= 0.6 is 0 Å². The van der Waals surface area contributed by atoms with Crippen molar-refractivity contribution in [3.63, 3.8) is 0 Å². The third kappa shape index (κ3) is 8.47. The van der Waals surface area contributed by atoms with Crippen molar-refractivity contribution in [2.75, 3.05) is 0 Å². The average Bonchev–Trinajstić information content (AvgIpc) is 3.13. The van der Waals surface area contributed by atoms with Gasteiger partial charge in [-0.1, -0.05) is 96.5 Å². The number of nitrogens with zero attached hydrogens (tertiary/aromatic N) is 2. The van der Waals surface area contributed by atoms with Crippen molar-refractivity contribution >= 4 is 33.6 Å². The molecule has 0 bridgehead atoms. The van der Waals surface area contributed by atoms with Crippen molar-refractivity contribution in [2.24, 2.45) is 9.98 Å². The van der Waals surface area contributed by atoms with Gasteiger partial charge in [-0.2, -0.15) is 0 Å². The summed E-state index contributed by atoms with van der Waals surface area (Å²) in [6.07, 6.45) is 3.41. The molecule has 0 saturated heterocycles. The van der Waals surface area contributed by atoms with Crippen molar-refractivity contribution in [3.05, 3.63) is 191 Å². The molecule has 47 heavy (non-hydrogen) atoms. The first-order chi connectivity index (χ1) is 23.0. The fraction of sp³-hybridized carbons (Fsp3) is 0. The van der Waals surface area contributed by atoms with Crippen LogP contribution in [0, 0.1) is 23.7 Å². The molecule has 0 atom stereocenters. The van der Waals surface area contributed by atoms with Gasteiger partial charge in [0.15, 0.2) is 0 Å². The summed E-state index contributed by atoms with van der Waals surface area (Å²) in [5.74, 6) is 12.6. The largest absolute Gasteiger partial charge is 0.256 e. The molecule has 0 heterocycles. The van der Waals surface area contributed by atoms with Crippen LogP contribution in [0.15, 0.2) is 178 Å². The van der Waals surface area contributed by atoms with E-state index in [4.69, 9.17) is 0 Å². The molecule has 6 rings (SSSR count). The molecule has 224 valence electrons. The highest BCUT2D eigenvalue weighted by molar-refractivity contribution is 7.91. The predicted octanol–water partition coefficient (Wildman–Crippen LogP) is 8.82. The van der Waals surface area contributed by atoms with Gasteiger partial charge >= 0.3 is 0 Å². The molecule has 0 unspecified atom stereocenters. The molecule has 6 aromatic rings. The van der Waals surface area contributed by atoms with Crippen LogP contribution in [0.1, 0.15) is 33.4 Å². The van der Waals surface area contributed by atoms with Crippen molar-refractivity contribution < 1.29 is 8.42 Å². The molecule has 0 amide bonds. The van der Waals surface area contributed by atoms with Gasteiger partial charge in [-0.05, 0) is 96.1 Å². The summed E-state index contributed by atoms with van der Waals surface area (Å²) in [6, 6.07) is 48.3. The van der Waals surface area contributed by atoms with Gasteiger partial charge in [0.2, 0.25) is 9.84 Å². The minimum absolute atomic E-state index is 0.159. The maximum Gasteiger partial charge on any atom is 0.206 e. The van der Waals surface area contributed by atoms with Crippen LogP contribution in [0.25, 0.3) is 0 Å². The minimum atomic E-state index is -3.80. The quantitative estimate of drug-likeness (QED) is 0.137. The highest BCUT2D eigenvalue weighted by atomic mass is 32.2. The predicted molar refractivity (Wildman–Crippen MR) is 191 cm³/mol. The summed E-state index contributed by atoms with van der Waals surface area (Å²) in [5, 5.41) is 0. The standard InChI is InChI=1S/C42H28N2O2S/c45-47(46,41-15-7-13-39(29-41)43-31-37-25-21-35(22-26-37)19-17-33-9-3-1-4-10-33)42-16-8-14-40(30-42)44-32-38-27-23-36(24-28-38)20-18-34-11-5-2-6-12-34/h1-16,21-32H. The average molecular weight is 625 g/mol. The van der Waals surface area contributed by atoms with E-state index in [-0.39, 0.29) is 9.79 Å². The smallest absolute Gasteiger partial charge is 0.206 e. The third-order valence-electron chi connectivity index (χ3n) is 7.05. The van der Waals surface area contributed by atoms with E-state index < -0.39 is 9.84 Å². The molecule has 0 N–H and O–H groups in total. The van der Waals surface area contributed by atoms with Gasteiger partial charge in [0, 0.05) is 34.7 Å². The Morgan fingerprint density at radius 3 is 1.15 bits per heavy atom. The lowest BCUT2D eigenvalue weighted by Gasteiger charge is -2.06. The molecule has 0 aromatic heterocycles. The molecule has 5 heteroatoms. The Bertz CT molecular complexity index is 2130. The summed E-state index contributed by atoms with van der Waals surface area (Å²) in [5.41, 5.74) is 6.53. The van der Waals surface area contributed by atoms with Gasteiger partial charge in [0.25, 0.3) is 0 Å². The van der Waals surface area contributed by atoms with E-state index in [1.807, 2.05) is 109 Å². The Hall–Kier alpha value is -6.27. The molecule has 0 aliphatic heterocycles. The van der Waals surface area contributed by atoms with Gasteiger partial charge in [-0.3, -0.25) is 9.98 Å². The molecule has 0 fully saturated rings. The highest BCUT2D eigenvalue weighted by Gasteiger charge is 2.18. The first kappa shape index (κ1) is 30.7. The molecular formula is C42H28N2O2S. The zero-order valence-corrected chi connectivity index (χ0v) is 26.1. The SMILES string of the molecule is O=S(=O)(c1cccc(N=Cc2ccc(C#Cc3ccccc3)cc2)c1)c1cccc(N=Cc2ccc(C#Cc3ccccc3)cc2)c1. The molecule has 6 aromatic carbocycles. The maximum absolute atomic E-state index is 13.6. The maximum atomic E-state index is 13.6. The number of rotatable bonds is 6. The monoisotopic (exact) mass is 624 g/mol. The number of hydrogen-bond donors (Lipinski definition) is 0. The first-order valence-corrected chi connectivity index (χ1v) is 16.4. The zero-order valence-electron chi connectivity index (χ0n) is 25.3. The van der Waals surface area contributed by atoms with Crippen LogP contribution in [-0.4, -0.2) is 20.8 Å². The number of hydrogen-bond acceptors (Lipinski definition) is 4. The molecule has 0 radical (unpaired) electrons. The summed E-state index contributed by atoms with van der Waals surface area (Å²) >= 11 is 0. The van der Waals surface area contributed by atoms with E-state index in [1.165, 1.54) is 0 Å². The fourth-order valence-corrected chi connectivity index (χ4v) is 5.87. The second kappa shape index (κ2) is 14.7.